The molecule has 0 heterocycles. The lowest BCUT2D eigenvalue weighted by Crippen LogP contribution is -2.34. The summed E-state index contributed by atoms with van der Waals surface area (Å²) in [5, 5.41) is 0. The summed E-state index contributed by atoms with van der Waals surface area (Å²) in [5.41, 5.74) is 10.1. The Kier molecular flexibility index (Phi) is 9.86. The zero-order valence-corrected chi connectivity index (χ0v) is 16.6. The van der Waals surface area contributed by atoms with Crippen LogP contribution in [0.2, 0.25) is 0 Å². The molecule has 8 nitrogen and oxygen atoms in total. The third kappa shape index (κ3) is 14.7. The molecule has 142 valence electrons. The number of nitrogens with two attached hydrogens (primary N) is 2. The van der Waals surface area contributed by atoms with Crippen LogP contribution in [0.5, 0.6) is 0 Å². The van der Waals surface area contributed by atoms with Gasteiger partial charge in [0.1, 0.15) is 11.2 Å². The monoisotopic (exact) mass is 384 g/mol. The Morgan fingerprint density at radius 1 is 0.792 bits per heavy atom. The Morgan fingerprint density at radius 3 is 1.33 bits per heavy atom. The van der Waals surface area contributed by atoms with Crippen molar-refractivity contribution < 1.29 is 28.5 Å². The van der Waals surface area contributed by atoms with E-state index in [4.69, 9.17) is 30.4 Å². The van der Waals surface area contributed by atoms with Crippen LogP contribution in [0.3, 0.4) is 0 Å². The highest BCUT2D eigenvalue weighted by Gasteiger charge is 2.21. The van der Waals surface area contributed by atoms with Gasteiger partial charge in [-0.05, 0) is 41.5 Å². The van der Waals surface area contributed by atoms with E-state index in [0.29, 0.717) is 11.5 Å². The summed E-state index contributed by atoms with van der Waals surface area (Å²) in [6.45, 7) is 10.4. The van der Waals surface area contributed by atoms with Crippen LogP contribution >= 0.6 is 21.6 Å². The predicted octanol–water partition coefficient (Wildman–Crippen LogP) is 2.84. The summed E-state index contributed by atoms with van der Waals surface area (Å²) >= 11 is 0. The molecule has 0 aromatic carbocycles. The van der Waals surface area contributed by atoms with Crippen LogP contribution in [-0.4, -0.2) is 47.5 Å². The molecule has 0 bridgehead atoms. The van der Waals surface area contributed by atoms with Crippen LogP contribution in [0, 0.1) is 0 Å². The lowest BCUT2D eigenvalue weighted by atomic mass is 10.2. The van der Waals surface area contributed by atoms with Gasteiger partial charge in [0.25, 0.3) is 0 Å². The molecule has 2 atom stereocenters. The fourth-order valence-corrected chi connectivity index (χ4v) is 3.07. The van der Waals surface area contributed by atoms with Crippen molar-refractivity contribution in [1.29, 1.82) is 0 Å². The number of carbonyl (C=O) groups is 2. The number of hydrogen-bond acceptors (Lipinski definition) is 10. The highest BCUT2D eigenvalue weighted by molar-refractivity contribution is 8.76. The van der Waals surface area contributed by atoms with Crippen molar-refractivity contribution in [2.24, 2.45) is 11.5 Å². The third-order valence-corrected chi connectivity index (χ3v) is 4.23. The van der Waals surface area contributed by atoms with E-state index >= 15 is 0 Å². The second-order valence-electron chi connectivity index (χ2n) is 6.81. The minimum Gasteiger partial charge on any atom is -0.429 e. The Bertz CT molecular complexity index is 371. The van der Waals surface area contributed by atoms with Crippen LogP contribution in [-0.2, 0) is 18.9 Å². The van der Waals surface area contributed by atoms with E-state index in [9.17, 15) is 9.59 Å². The van der Waals surface area contributed by atoms with Crippen molar-refractivity contribution in [3.8, 4) is 0 Å². The maximum absolute atomic E-state index is 11.4. The topological polar surface area (TPSA) is 123 Å². The van der Waals surface area contributed by atoms with Gasteiger partial charge in [0, 0.05) is 0 Å². The number of carbonyl (C=O) groups excluding carboxylic acids is 2. The summed E-state index contributed by atoms with van der Waals surface area (Å²) in [7, 11) is 2.67. The van der Waals surface area contributed by atoms with Gasteiger partial charge in [-0.25, -0.2) is 9.59 Å². The van der Waals surface area contributed by atoms with E-state index in [0.717, 1.165) is 0 Å². The molecule has 0 spiro atoms. The first-order valence-electron chi connectivity index (χ1n) is 7.33. The molecule has 0 amide bonds. The average Bonchev–Trinajstić information content (AvgIpc) is 2.29. The summed E-state index contributed by atoms with van der Waals surface area (Å²) in [6.07, 6.45) is -3.24. The quantitative estimate of drug-likeness (QED) is 0.293. The molecule has 0 rings (SSSR count). The third-order valence-electron chi connectivity index (χ3n) is 1.82. The van der Waals surface area contributed by atoms with E-state index in [1.54, 1.807) is 41.5 Å². The van der Waals surface area contributed by atoms with Crippen molar-refractivity contribution >= 4 is 33.9 Å². The lowest BCUT2D eigenvalue weighted by Gasteiger charge is -2.21. The van der Waals surface area contributed by atoms with Crippen LogP contribution in [0.15, 0.2) is 0 Å². The Hall–Kier alpha value is -0.840. The molecule has 2 unspecified atom stereocenters. The van der Waals surface area contributed by atoms with Crippen LogP contribution in [0.1, 0.15) is 41.5 Å². The van der Waals surface area contributed by atoms with Crippen molar-refractivity contribution in [3.63, 3.8) is 0 Å². The van der Waals surface area contributed by atoms with Crippen LogP contribution in [0.25, 0.3) is 0 Å². The smallest absolute Gasteiger partial charge is 0.429 e. The van der Waals surface area contributed by atoms with Crippen molar-refractivity contribution in [1.82, 2.24) is 0 Å². The first-order chi connectivity index (χ1) is 10.8. The first-order valence-corrected chi connectivity index (χ1v) is 9.82. The largest absolute Gasteiger partial charge is 0.510 e. The van der Waals surface area contributed by atoms with Gasteiger partial charge in [-0.3, -0.25) is 11.5 Å². The fraction of sp³-hybridized carbons (Fsp3) is 0.857. The minimum atomic E-state index is -0.814. The zero-order chi connectivity index (χ0) is 19.0. The molecule has 0 saturated heterocycles. The average molecular weight is 385 g/mol. The van der Waals surface area contributed by atoms with E-state index < -0.39 is 36.0 Å². The van der Waals surface area contributed by atoms with E-state index in [1.165, 1.54) is 21.6 Å². The van der Waals surface area contributed by atoms with Crippen LogP contribution < -0.4 is 11.5 Å². The maximum atomic E-state index is 11.4. The molecule has 0 aromatic rings. The molecule has 4 N–H and O–H groups in total. The highest BCUT2D eigenvalue weighted by Crippen LogP contribution is 2.23. The second kappa shape index (κ2) is 10.2. The lowest BCUT2D eigenvalue weighted by molar-refractivity contribution is -0.0226. The molecule has 0 aromatic heterocycles. The predicted molar refractivity (Wildman–Crippen MR) is 95.5 cm³/mol. The molecule has 24 heavy (non-hydrogen) atoms. The van der Waals surface area contributed by atoms with Crippen molar-refractivity contribution in [2.75, 3.05) is 11.5 Å². The summed E-state index contributed by atoms with van der Waals surface area (Å²) in [6, 6.07) is 0. The molecular formula is C14H28N2O6S2. The van der Waals surface area contributed by atoms with Gasteiger partial charge >= 0.3 is 12.3 Å². The van der Waals surface area contributed by atoms with E-state index in [1.807, 2.05) is 0 Å². The Labute approximate surface area is 151 Å². The number of hydrogen-bond donors (Lipinski definition) is 2. The molecule has 0 aliphatic carbocycles. The van der Waals surface area contributed by atoms with Crippen molar-refractivity contribution in [3.05, 3.63) is 0 Å². The van der Waals surface area contributed by atoms with Gasteiger partial charge in [-0.1, -0.05) is 21.6 Å². The second-order valence-corrected chi connectivity index (χ2v) is 9.36. The zero-order valence-electron chi connectivity index (χ0n) is 15.0. The standard InChI is InChI=1S/C14H28N2O6S2/c1-13(2,3)21-11(17)19-9(15)7-23-24-8-10(16)20-12(18)22-14(4,5)6/h9-10H,7-8,15-16H2,1-6H3. The van der Waals surface area contributed by atoms with Crippen LogP contribution in [0.4, 0.5) is 9.59 Å². The van der Waals surface area contributed by atoms with Gasteiger partial charge in [-0.15, -0.1) is 0 Å². The number of ether oxygens (including phenoxy) is 4. The van der Waals surface area contributed by atoms with Gasteiger partial charge < -0.3 is 18.9 Å². The number of rotatable bonds is 7. The minimum absolute atomic E-state index is 0.336. The molecular weight excluding hydrogens is 356 g/mol. The summed E-state index contributed by atoms with van der Waals surface area (Å²) < 4.78 is 19.8. The Balaban J connectivity index is 3.84. The van der Waals surface area contributed by atoms with E-state index in [2.05, 4.69) is 0 Å². The van der Waals surface area contributed by atoms with Gasteiger partial charge in [0.15, 0.2) is 12.5 Å². The molecule has 0 radical (unpaired) electrons. The molecule has 0 fully saturated rings. The van der Waals surface area contributed by atoms with Crippen molar-refractivity contribution in [2.45, 2.75) is 65.2 Å². The fourth-order valence-electron chi connectivity index (χ4n) is 1.09. The molecule has 0 aliphatic rings. The Morgan fingerprint density at radius 2 is 1.08 bits per heavy atom. The maximum Gasteiger partial charge on any atom is 0.510 e. The normalized spacial score (nSPS) is 14.5. The SMILES string of the molecule is CC(C)(C)OC(=O)OC(N)CSSCC(N)OC(=O)OC(C)(C)C. The first kappa shape index (κ1) is 23.2. The molecule has 10 heteroatoms. The summed E-state index contributed by atoms with van der Waals surface area (Å²) in [5.74, 6) is 0.673. The van der Waals surface area contributed by atoms with E-state index in [-0.39, 0.29) is 0 Å². The van der Waals surface area contributed by atoms with Gasteiger partial charge in [0.2, 0.25) is 0 Å². The molecule has 0 saturated carbocycles. The van der Waals surface area contributed by atoms with Gasteiger partial charge in [-0.2, -0.15) is 0 Å². The highest BCUT2D eigenvalue weighted by atomic mass is 33.1. The molecule has 0 aliphatic heterocycles. The van der Waals surface area contributed by atoms with Gasteiger partial charge in [0.05, 0.1) is 11.5 Å². The summed E-state index contributed by atoms with van der Waals surface area (Å²) in [4.78, 5) is 22.8.